The van der Waals surface area contributed by atoms with Crippen molar-refractivity contribution >= 4 is 23.9 Å². The number of hydrogen-bond acceptors (Lipinski definition) is 8. The molecular formula is C30H42N2O8. The second-order valence-corrected chi connectivity index (χ2v) is 9.11. The first-order valence-corrected chi connectivity index (χ1v) is 13.5. The van der Waals surface area contributed by atoms with E-state index in [1.807, 2.05) is 60.7 Å². The highest BCUT2D eigenvalue weighted by molar-refractivity contribution is 5.79. The Balaban J connectivity index is 0.000000400. The van der Waals surface area contributed by atoms with Gasteiger partial charge in [0, 0.05) is 0 Å². The van der Waals surface area contributed by atoms with Gasteiger partial charge in [-0.3, -0.25) is 29.8 Å². The molecule has 0 fully saturated rings. The van der Waals surface area contributed by atoms with E-state index in [0.717, 1.165) is 11.1 Å². The van der Waals surface area contributed by atoms with Gasteiger partial charge in [0.15, 0.2) is 0 Å². The molecule has 220 valence electrons. The van der Waals surface area contributed by atoms with E-state index in [-0.39, 0.29) is 13.2 Å². The molecule has 4 N–H and O–H groups in total. The van der Waals surface area contributed by atoms with Crippen LogP contribution in [0.4, 0.5) is 0 Å². The number of esters is 2. The molecule has 0 saturated carbocycles. The third-order valence-corrected chi connectivity index (χ3v) is 5.91. The molecule has 0 bridgehead atoms. The summed E-state index contributed by atoms with van der Waals surface area (Å²) in [7, 11) is 0. The quantitative estimate of drug-likeness (QED) is 0.226. The zero-order chi connectivity index (χ0) is 29.9. The van der Waals surface area contributed by atoms with E-state index in [2.05, 4.69) is 10.6 Å². The predicted octanol–water partition coefficient (Wildman–Crippen LogP) is 3.23. The fourth-order valence-electron chi connectivity index (χ4n) is 3.68. The Morgan fingerprint density at radius 1 is 0.650 bits per heavy atom. The molecule has 0 aliphatic carbocycles. The van der Waals surface area contributed by atoms with Gasteiger partial charge in [-0.05, 0) is 64.5 Å². The lowest BCUT2D eigenvalue weighted by Crippen LogP contribution is -2.46. The van der Waals surface area contributed by atoms with E-state index in [0.29, 0.717) is 25.7 Å². The molecule has 0 spiro atoms. The molecule has 40 heavy (non-hydrogen) atoms. The summed E-state index contributed by atoms with van der Waals surface area (Å²) in [5, 5.41) is 23.4. The van der Waals surface area contributed by atoms with Crippen LogP contribution in [0.5, 0.6) is 0 Å². The van der Waals surface area contributed by atoms with Crippen LogP contribution in [0.25, 0.3) is 0 Å². The number of carboxylic acids is 2. The van der Waals surface area contributed by atoms with Gasteiger partial charge in [-0.2, -0.15) is 0 Å². The summed E-state index contributed by atoms with van der Waals surface area (Å²) in [4.78, 5) is 45.4. The standard InChI is InChI=1S/2C15H21NO4/c2*1-3-20-15(19)13(16-11(2)14(17)18)10-9-12-7-5-4-6-8-12/h2*4-8,11,13,16H,3,9-10H2,1-2H3,(H,17,18). The van der Waals surface area contributed by atoms with Gasteiger partial charge in [0.25, 0.3) is 0 Å². The second kappa shape index (κ2) is 19.3. The Morgan fingerprint density at radius 3 is 1.25 bits per heavy atom. The molecule has 0 heterocycles. The Bertz CT molecular complexity index is 949. The number of aryl methyl sites for hydroxylation is 2. The van der Waals surface area contributed by atoms with E-state index in [1.54, 1.807) is 13.8 Å². The molecule has 0 amide bonds. The number of carbonyl (C=O) groups excluding carboxylic acids is 2. The first-order chi connectivity index (χ1) is 19.1. The van der Waals surface area contributed by atoms with Crippen molar-refractivity contribution in [3.63, 3.8) is 0 Å². The Hall–Kier alpha value is -3.76. The van der Waals surface area contributed by atoms with Crippen LogP contribution in [-0.4, -0.2) is 71.5 Å². The number of nitrogens with one attached hydrogen (secondary N) is 2. The third-order valence-electron chi connectivity index (χ3n) is 5.91. The van der Waals surface area contributed by atoms with Gasteiger partial charge in [-0.25, -0.2) is 0 Å². The summed E-state index contributed by atoms with van der Waals surface area (Å²) in [5.74, 6) is -2.79. The molecule has 2 aromatic carbocycles. The summed E-state index contributed by atoms with van der Waals surface area (Å²) in [6, 6.07) is 16.7. The summed E-state index contributed by atoms with van der Waals surface area (Å²) in [5.41, 5.74) is 2.21. The van der Waals surface area contributed by atoms with Gasteiger partial charge >= 0.3 is 23.9 Å². The lowest BCUT2D eigenvalue weighted by atomic mass is 10.0. The lowest BCUT2D eigenvalue weighted by Gasteiger charge is -2.19. The second-order valence-electron chi connectivity index (χ2n) is 9.11. The molecular weight excluding hydrogens is 516 g/mol. The Labute approximate surface area is 236 Å². The van der Waals surface area contributed by atoms with E-state index in [4.69, 9.17) is 19.7 Å². The molecule has 0 aliphatic rings. The summed E-state index contributed by atoms with van der Waals surface area (Å²) >= 11 is 0. The lowest BCUT2D eigenvalue weighted by molar-refractivity contribution is -0.148. The predicted molar refractivity (Wildman–Crippen MR) is 151 cm³/mol. The van der Waals surface area contributed by atoms with Crippen molar-refractivity contribution in [3.05, 3.63) is 71.8 Å². The molecule has 10 heteroatoms. The first-order valence-electron chi connectivity index (χ1n) is 13.5. The fraction of sp³-hybridized carbons (Fsp3) is 0.467. The van der Waals surface area contributed by atoms with Gasteiger partial charge < -0.3 is 19.7 Å². The molecule has 2 rings (SSSR count). The Kier molecular flexibility index (Phi) is 16.6. The normalized spacial score (nSPS) is 13.5. The molecule has 0 aliphatic heterocycles. The van der Waals surface area contributed by atoms with Crippen LogP contribution in [0.2, 0.25) is 0 Å². The summed E-state index contributed by atoms with van der Waals surface area (Å²) in [6.45, 7) is 7.04. The van der Waals surface area contributed by atoms with Crippen molar-refractivity contribution in [3.8, 4) is 0 Å². The molecule has 0 radical (unpaired) electrons. The maximum Gasteiger partial charge on any atom is 0.323 e. The minimum Gasteiger partial charge on any atom is -0.480 e. The van der Waals surface area contributed by atoms with Crippen LogP contribution >= 0.6 is 0 Å². The number of carbonyl (C=O) groups is 4. The van der Waals surface area contributed by atoms with E-state index < -0.39 is 48.0 Å². The minimum atomic E-state index is -0.987. The van der Waals surface area contributed by atoms with Crippen LogP contribution in [0.1, 0.15) is 51.7 Å². The fourth-order valence-corrected chi connectivity index (χ4v) is 3.68. The van der Waals surface area contributed by atoms with Crippen molar-refractivity contribution in [1.82, 2.24) is 10.6 Å². The average molecular weight is 559 g/mol. The number of benzene rings is 2. The summed E-state index contributed by atoms with van der Waals surface area (Å²) in [6.07, 6.45) is 2.37. The molecule has 0 aromatic heterocycles. The highest BCUT2D eigenvalue weighted by Gasteiger charge is 2.25. The Morgan fingerprint density at radius 2 is 0.975 bits per heavy atom. The van der Waals surface area contributed by atoms with E-state index in [9.17, 15) is 19.2 Å². The molecule has 10 nitrogen and oxygen atoms in total. The maximum atomic E-state index is 11.8. The number of carboxylic acid groups (broad SMARTS) is 2. The van der Waals surface area contributed by atoms with Crippen LogP contribution in [-0.2, 0) is 41.5 Å². The van der Waals surface area contributed by atoms with E-state index >= 15 is 0 Å². The minimum absolute atomic E-state index is 0.282. The first kappa shape index (κ1) is 34.3. The monoisotopic (exact) mass is 558 g/mol. The molecule has 2 aromatic rings. The molecule has 4 unspecified atom stereocenters. The molecule has 4 atom stereocenters. The van der Waals surface area contributed by atoms with E-state index in [1.165, 1.54) is 13.8 Å². The van der Waals surface area contributed by atoms with Crippen molar-refractivity contribution in [1.29, 1.82) is 0 Å². The topological polar surface area (TPSA) is 151 Å². The largest absolute Gasteiger partial charge is 0.480 e. The zero-order valence-corrected chi connectivity index (χ0v) is 23.7. The highest BCUT2D eigenvalue weighted by Crippen LogP contribution is 2.08. The number of hydrogen-bond donors (Lipinski definition) is 4. The van der Waals surface area contributed by atoms with Gasteiger partial charge in [0.2, 0.25) is 0 Å². The van der Waals surface area contributed by atoms with Gasteiger partial charge in [-0.1, -0.05) is 60.7 Å². The van der Waals surface area contributed by atoms with Gasteiger partial charge in [0.05, 0.1) is 13.2 Å². The van der Waals surface area contributed by atoms with Crippen LogP contribution < -0.4 is 10.6 Å². The average Bonchev–Trinajstić information content (AvgIpc) is 2.94. The van der Waals surface area contributed by atoms with Crippen LogP contribution in [0.15, 0.2) is 60.7 Å². The SMILES string of the molecule is CCOC(=O)C(CCc1ccccc1)NC(C)C(=O)O.CCOC(=O)C(CCc1ccccc1)NC(C)C(=O)O. The molecule has 0 saturated heterocycles. The smallest absolute Gasteiger partial charge is 0.323 e. The zero-order valence-electron chi connectivity index (χ0n) is 23.7. The number of ether oxygens (including phenoxy) is 2. The number of aliphatic carboxylic acids is 2. The van der Waals surface area contributed by atoms with Crippen molar-refractivity contribution in [2.75, 3.05) is 13.2 Å². The summed E-state index contributed by atoms with van der Waals surface area (Å²) < 4.78 is 9.96. The van der Waals surface area contributed by atoms with Crippen molar-refractivity contribution in [2.45, 2.75) is 77.5 Å². The van der Waals surface area contributed by atoms with Gasteiger partial charge in [0.1, 0.15) is 24.2 Å². The third kappa shape index (κ3) is 13.9. The van der Waals surface area contributed by atoms with Crippen molar-refractivity contribution in [2.24, 2.45) is 0 Å². The highest BCUT2D eigenvalue weighted by atomic mass is 16.5. The van der Waals surface area contributed by atoms with Gasteiger partial charge in [-0.15, -0.1) is 0 Å². The van der Waals surface area contributed by atoms with Crippen LogP contribution in [0, 0.1) is 0 Å². The van der Waals surface area contributed by atoms with Crippen LogP contribution in [0.3, 0.4) is 0 Å². The maximum absolute atomic E-state index is 11.8. The van der Waals surface area contributed by atoms with Crippen molar-refractivity contribution < 1.29 is 38.9 Å². The number of rotatable bonds is 16.